The number of halogens is 3. The van der Waals surface area contributed by atoms with Gasteiger partial charge in [-0.2, -0.15) is 0 Å². The van der Waals surface area contributed by atoms with Crippen LogP contribution in [0.5, 0.6) is 11.5 Å². The van der Waals surface area contributed by atoms with Gasteiger partial charge in [0.2, 0.25) is 0 Å². The Balaban J connectivity index is 2.20. The van der Waals surface area contributed by atoms with Crippen LogP contribution in [0.2, 0.25) is 5.02 Å². The molecule has 0 fully saturated rings. The molecule has 0 bridgehead atoms. The van der Waals surface area contributed by atoms with E-state index in [1.165, 1.54) is 6.07 Å². The molecule has 0 spiro atoms. The Bertz CT molecular complexity index is 720. The average molecular weight is 445 g/mol. The quantitative estimate of drug-likeness (QED) is 0.484. The van der Waals surface area contributed by atoms with Crippen molar-refractivity contribution < 1.29 is 13.9 Å². The summed E-state index contributed by atoms with van der Waals surface area (Å²) in [6, 6.07) is 8.33. The molecule has 142 valence electrons. The lowest BCUT2D eigenvalue weighted by molar-refractivity contribution is 0.275. The highest BCUT2D eigenvalue weighted by Crippen LogP contribution is 2.37. The van der Waals surface area contributed by atoms with Crippen LogP contribution in [0, 0.1) is 11.7 Å². The summed E-state index contributed by atoms with van der Waals surface area (Å²) in [6.07, 6.45) is 1.09. The minimum atomic E-state index is -0.386. The van der Waals surface area contributed by atoms with Crippen LogP contribution in [0.3, 0.4) is 0 Å². The van der Waals surface area contributed by atoms with E-state index in [0.717, 1.165) is 23.0 Å². The fraction of sp³-hybridized carbons (Fsp3) is 0.400. The predicted molar refractivity (Wildman–Crippen MR) is 108 cm³/mol. The Morgan fingerprint density at radius 2 is 1.96 bits per heavy atom. The highest BCUT2D eigenvalue weighted by molar-refractivity contribution is 9.10. The van der Waals surface area contributed by atoms with E-state index in [1.54, 1.807) is 19.2 Å². The van der Waals surface area contributed by atoms with Gasteiger partial charge in [0.1, 0.15) is 12.4 Å². The zero-order chi connectivity index (χ0) is 19.1. The molecule has 26 heavy (non-hydrogen) atoms. The van der Waals surface area contributed by atoms with Crippen molar-refractivity contribution in [3.63, 3.8) is 0 Å². The second-order valence-electron chi connectivity index (χ2n) is 6.41. The van der Waals surface area contributed by atoms with Crippen LogP contribution in [-0.2, 0) is 13.2 Å². The molecule has 1 N–H and O–H groups in total. The molecule has 0 aromatic heterocycles. The summed E-state index contributed by atoms with van der Waals surface area (Å²) in [7, 11) is 1.59. The van der Waals surface area contributed by atoms with Crippen LogP contribution in [0.15, 0.2) is 34.8 Å². The van der Waals surface area contributed by atoms with Crippen molar-refractivity contribution in [1.29, 1.82) is 0 Å². The summed E-state index contributed by atoms with van der Waals surface area (Å²) in [6.45, 7) is 5.92. The van der Waals surface area contributed by atoms with E-state index in [-0.39, 0.29) is 12.4 Å². The van der Waals surface area contributed by atoms with Crippen molar-refractivity contribution >= 4 is 27.5 Å². The normalized spacial score (nSPS) is 11.0. The van der Waals surface area contributed by atoms with Gasteiger partial charge in [0.15, 0.2) is 11.5 Å². The maximum Gasteiger partial charge on any atom is 0.167 e. The number of rotatable bonds is 9. The lowest BCUT2D eigenvalue weighted by Crippen LogP contribution is -2.17. The minimum absolute atomic E-state index is 0.0251. The van der Waals surface area contributed by atoms with Gasteiger partial charge in [-0.1, -0.05) is 47.4 Å². The third-order valence-electron chi connectivity index (χ3n) is 4.01. The minimum Gasteiger partial charge on any atom is -0.493 e. The Morgan fingerprint density at radius 3 is 2.62 bits per heavy atom. The molecule has 0 aliphatic carbocycles. The van der Waals surface area contributed by atoms with Crippen molar-refractivity contribution in [2.75, 3.05) is 13.7 Å². The summed E-state index contributed by atoms with van der Waals surface area (Å²) >= 11 is 9.67. The second kappa shape index (κ2) is 10.1. The Labute approximate surface area is 168 Å². The van der Waals surface area contributed by atoms with E-state index < -0.39 is 0 Å². The van der Waals surface area contributed by atoms with Gasteiger partial charge in [-0.15, -0.1) is 0 Å². The Hall–Kier alpha value is -1.30. The summed E-state index contributed by atoms with van der Waals surface area (Å²) in [4.78, 5) is 0. The highest BCUT2D eigenvalue weighted by atomic mass is 79.9. The van der Waals surface area contributed by atoms with Gasteiger partial charge in [0.05, 0.1) is 12.1 Å². The van der Waals surface area contributed by atoms with Crippen LogP contribution in [0.1, 0.15) is 31.4 Å². The molecule has 0 unspecified atom stereocenters. The van der Waals surface area contributed by atoms with Crippen LogP contribution in [0.4, 0.5) is 4.39 Å². The predicted octanol–water partition coefficient (Wildman–Crippen LogP) is 5.96. The molecule has 2 aromatic rings. The van der Waals surface area contributed by atoms with Crippen molar-refractivity contribution in [2.45, 2.75) is 33.4 Å². The summed E-state index contributed by atoms with van der Waals surface area (Å²) in [5.74, 6) is 1.43. The smallest absolute Gasteiger partial charge is 0.167 e. The summed E-state index contributed by atoms with van der Waals surface area (Å²) in [5, 5.41) is 3.76. The number of ether oxygens (including phenoxy) is 2. The third kappa shape index (κ3) is 5.60. The van der Waals surface area contributed by atoms with E-state index in [0.29, 0.717) is 34.5 Å². The van der Waals surface area contributed by atoms with Crippen LogP contribution >= 0.6 is 27.5 Å². The van der Waals surface area contributed by atoms with Gasteiger partial charge in [-0.05, 0) is 43.1 Å². The van der Waals surface area contributed by atoms with Gasteiger partial charge >= 0.3 is 0 Å². The van der Waals surface area contributed by atoms with Gasteiger partial charge in [-0.25, -0.2) is 4.39 Å². The Morgan fingerprint density at radius 1 is 1.19 bits per heavy atom. The van der Waals surface area contributed by atoms with Crippen LogP contribution in [0.25, 0.3) is 0 Å². The number of hydrogen-bond acceptors (Lipinski definition) is 3. The second-order valence-corrected chi connectivity index (χ2v) is 7.67. The zero-order valence-electron chi connectivity index (χ0n) is 15.2. The molecule has 0 radical (unpaired) electrons. The number of hydrogen-bond donors (Lipinski definition) is 1. The van der Waals surface area contributed by atoms with E-state index >= 15 is 0 Å². The van der Waals surface area contributed by atoms with E-state index in [2.05, 4.69) is 35.1 Å². The summed E-state index contributed by atoms with van der Waals surface area (Å²) < 4.78 is 26.3. The first-order valence-corrected chi connectivity index (χ1v) is 9.72. The van der Waals surface area contributed by atoms with E-state index in [9.17, 15) is 4.39 Å². The number of methoxy groups -OCH3 is 1. The largest absolute Gasteiger partial charge is 0.493 e. The number of nitrogens with one attached hydrogen (secondary N) is 1. The maximum absolute atomic E-state index is 14.0. The summed E-state index contributed by atoms with van der Waals surface area (Å²) in [5.41, 5.74) is 1.26. The van der Waals surface area contributed by atoms with Gasteiger partial charge < -0.3 is 14.8 Å². The first-order chi connectivity index (χ1) is 12.4. The van der Waals surface area contributed by atoms with Crippen molar-refractivity contribution in [2.24, 2.45) is 5.92 Å². The first kappa shape index (κ1) is 21.0. The monoisotopic (exact) mass is 443 g/mol. The highest BCUT2D eigenvalue weighted by Gasteiger charge is 2.16. The molecule has 0 amide bonds. The molecule has 0 saturated heterocycles. The van der Waals surface area contributed by atoms with Gasteiger partial charge in [0, 0.05) is 22.1 Å². The molecule has 0 aliphatic heterocycles. The van der Waals surface area contributed by atoms with E-state index in [4.69, 9.17) is 21.1 Å². The average Bonchev–Trinajstić information content (AvgIpc) is 2.59. The standard InChI is InChI=1S/C20H24BrClFNO2/c1-13(2)9-10-24-11-14-16(21)7-8-19(25-3)20(14)26-12-15-17(22)5-4-6-18(15)23/h4-8,13,24H,9-12H2,1-3H3. The topological polar surface area (TPSA) is 30.5 Å². The molecule has 0 heterocycles. The number of benzene rings is 2. The fourth-order valence-corrected chi connectivity index (χ4v) is 3.15. The van der Waals surface area contributed by atoms with Crippen molar-refractivity contribution in [1.82, 2.24) is 5.32 Å². The molecule has 0 aliphatic rings. The van der Waals surface area contributed by atoms with Gasteiger partial charge in [-0.3, -0.25) is 0 Å². The molecular weight excluding hydrogens is 421 g/mol. The molecule has 0 saturated carbocycles. The third-order valence-corrected chi connectivity index (χ3v) is 5.11. The molecular formula is C20H24BrClFNO2. The SMILES string of the molecule is COc1ccc(Br)c(CNCCC(C)C)c1OCc1c(F)cccc1Cl. The van der Waals surface area contributed by atoms with Gasteiger partial charge in [0.25, 0.3) is 0 Å². The van der Waals surface area contributed by atoms with Crippen LogP contribution in [-0.4, -0.2) is 13.7 Å². The van der Waals surface area contributed by atoms with Crippen molar-refractivity contribution in [3.8, 4) is 11.5 Å². The molecule has 0 atom stereocenters. The molecule has 2 rings (SSSR count). The zero-order valence-corrected chi connectivity index (χ0v) is 17.6. The lowest BCUT2D eigenvalue weighted by Gasteiger charge is -2.18. The lowest BCUT2D eigenvalue weighted by atomic mass is 10.1. The maximum atomic E-state index is 14.0. The molecule has 6 heteroatoms. The van der Waals surface area contributed by atoms with Crippen LogP contribution < -0.4 is 14.8 Å². The van der Waals surface area contributed by atoms with Crippen molar-refractivity contribution in [3.05, 3.63) is 56.8 Å². The Kier molecular flexibility index (Phi) is 8.19. The molecule has 3 nitrogen and oxygen atoms in total. The first-order valence-electron chi connectivity index (χ1n) is 8.55. The van der Waals surface area contributed by atoms with E-state index in [1.807, 2.05) is 12.1 Å². The molecule has 2 aromatic carbocycles. The fourth-order valence-electron chi connectivity index (χ4n) is 2.48.